The van der Waals surface area contributed by atoms with Crippen molar-refractivity contribution in [2.24, 2.45) is 0 Å². The number of rotatable bonds is 4. The number of hydrogen-bond acceptors (Lipinski definition) is 5. The average Bonchev–Trinajstić information content (AvgIpc) is 3.33. The predicted molar refractivity (Wildman–Crippen MR) is 105 cm³/mol. The van der Waals surface area contributed by atoms with Gasteiger partial charge in [0.1, 0.15) is 12.3 Å². The Morgan fingerprint density at radius 1 is 1.24 bits per heavy atom. The van der Waals surface area contributed by atoms with Gasteiger partial charge in [-0.05, 0) is 36.3 Å². The molecule has 0 atom stereocenters. The second-order valence-electron chi connectivity index (χ2n) is 7.56. The molecule has 0 aliphatic carbocycles. The summed E-state index contributed by atoms with van der Waals surface area (Å²) in [5, 5.41) is 12.6. The van der Waals surface area contributed by atoms with Crippen LogP contribution in [0.2, 0.25) is 0 Å². The van der Waals surface area contributed by atoms with Crippen LogP contribution < -0.4 is 14.7 Å². The summed E-state index contributed by atoms with van der Waals surface area (Å²) < 4.78 is 10.6. The van der Waals surface area contributed by atoms with E-state index in [9.17, 15) is 14.7 Å². The summed E-state index contributed by atoms with van der Waals surface area (Å²) >= 11 is 0. The molecule has 2 aromatic carbocycles. The summed E-state index contributed by atoms with van der Waals surface area (Å²) in [6.07, 6.45) is 3.95. The van der Waals surface area contributed by atoms with E-state index in [1.165, 1.54) is 12.0 Å². The molecule has 1 fully saturated rings. The monoisotopic (exact) mass is 393 g/mol. The summed E-state index contributed by atoms with van der Waals surface area (Å²) in [5.74, 6) is -0.101. The van der Waals surface area contributed by atoms with Gasteiger partial charge in [0, 0.05) is 18.4 Å². The van der Waals surface area contributed by atoms with E-state index in [1.807, 2.05) is 0 Å². The van der Waals surface area contributed by atoms with Gasteiger partial charge in [0.25, 0.3) is 0 Å². The zero-order valence-electron chi connectivity index (χ0n) is 16.5. The molecule has 4 rings (SSSR count). The van der Waals surface area contributed by atoms with Crippen LogP contribution in [0.1, 0.15) is 50.2 Å². The van der Waals surface area contributed by atoms with E-state index in [0.29, 0.717) is 34.5 Å². The van der Waals surface area contributed by atoms with Crippen LogP contribution in [0.15, 0.2) is 36.1 Å². The Labute approximate surface area is 169 Å². The smallest absolute Gasteiger partial charge is 0.337 e. The fourth-order valence-electron chi connectivity index (χ4n) is 4.02. The number of hydrogen-bond donors (Lipinski definition) is 1. The van der Waals surface area contributed by atoms with E-state index in [4.69, 9.17) is 9.47 Å². The molecule has 29 heavy (non-hydrogen) atoms. The Morgan fingerprint density at radius 3 is 2.59 bits per heavy atom. The van der Waals surface area contributed by atoms with Gasteiger partial charge in [0.05, 0.1) is 31.3 Å². The van der Waals surface area contributed by atoms with Crippen LogP contribution in [0.4, 0.5) is 0 Å². The third-order valence-electron chi connectivity index (χ3n) is 5.57. The minimum atomic E-state index is -0.419. The Kier molecular flexibility index (Phi) is 5.11. The number of nitrogens with one attached hydrogen (secondary N) is 1. The molecular formula is C23H23NO5. The van der Waals surface area contributed by atoms with Crippen LogP contribution in [0, 0.1) is 6.92 Å². The first-order valence-corrected chi connectivity index (χ1v) is 9.77. The van der Waals surface area contributed by atoms with Crippen molar-refractivity contribution in [1.82, 2.24) is 0 Å². The zero-order chi connectivity index (χ0) is 20.5. The first kappa shape index (κ1) is 19.2. The van der Waals surface area contributed by atoms with Crippen molar-refractivity contribution in [2.45, 2.75) is 26.3 Å². The van der Waals surface area contributed by atoms with E-state index in [-0.39, 0.29) is 17.3 Å². The molecule has 2 aliphatic heterocycles. The molecule has 0 bridgehead atoms. The number of likely N-dealkylation sites (tertiary alicyclic amines) is 1. The molecule has 0 unspecified atom stereocenters. The Morgan fingerprint density at radius 2 is 1.93 bits per heavy atom. The molecule has 2 aliphatic rings. The first-order valence-electron chi connectivity index (χ1n) is 9.77. The molecule has 0 amide bonds. The van der Waals surface area contributed by atoms with Gasteiger partial charge in [-0.1, -0.05) is 23.9 Å². The molecule has 1 N–H and O–H groups in total. The molecular weight excluding hydrogens is 370 g/mol. The highest BCUT2D eigenvalue weighted by Crippen LogP contribution is 2.40. The maximum atomic E-state index is 13.0. The fourth-order valence-corrected chi connectivity index (χ4v) is 4.02. The number of benzene rings is 2. The molecule has 6 heteroatoms. The minimum absolute atomic E-state index is 0.0721. The van der Waals surface area contributed by atoms with Crippen molar-refractivity contribution in [3.63, 3.8) is 0 Å². The number of aryl methyl sites for hydroxylation is 1. The summed E-state index contributed by atoms with van der Waals surface area (Å²) in [5.41, 5.74) is 2.86. The normalized spacial score (nSPS) is 17.4. The van der Waals surface area contributed by atoms with Crippen LogP contribution >= 0.6 is 0 Å². The van der Waals surface area contributed by atoms with Crippen LogP contribution in [0.25, 0.3) is 6.08 Å². The molecule has 1 saturated heterocycles. The van der Waals surface area contributed by atoms with Gasteiger partial charge in [0.15, 0.2) is 5.76 Å². The lowest BCUT2D eigenvalue weighted by molar-refractivity contribution is -0.901. The van der Waals surface area contributed by atoms with E-state index < -0.39 is 5.97 Å². The number of Topliss-reactive ketones (excluding diaryl/α,β-unsaturated/α-hetero) is 1. The van der Waals surface area contributed by atoms with E-state index in [1.54, 1.807) is 43.3 Å². The molecule has 0 radical (unpaired) electrons. The number of ketones is 1. The molecule has 2 aromatic rings. The lowest BCUT2D eigenvalue weighted by atomic mass is 9.99. The molecule has 6 nitrogen and oxygen atoms in total. The van der Waals surface area contributed by atoms with Crippen LogP contribution in [0.3, 0.4) is 0 Å². The number of ether oxygens (including phenoxy) is 2. The topological polar surface area (TPSA) is 80.1 Å². The van der Waals surface area contributed by atoms with Gasteiger partial charge in [-0.15, -0.1) is 0 Å². The van der Waals surface area contributed by atoms with Crippen LogP contribution in [-0.4, -0.2) is 32.0 Å². The van der Waals surface area contributed by atoms with Crippen LogP contribution in [0.5, 0.6) is 11.5 Å². The summed E-state index contributed by atoms with van der Waals surface area (Å²) in [6, 6.07) is 8.25. The van der Waals surface area contributed by atoms with Gasteiger partial charge in [0.2, 0.25) is 5.78 Å². The summed E-state index contributed by atoms with van der Waals surface area (Å²) in [7, 11) is 1.33. The first-order chi connectivity index (χ1) is 14.0. The molecule has 0 aromatic heterocycles. The predicted octanol–water partition coefficient (Wildman–Crippen LogP) is 1.65. The standard InChI is InChI=1S/C23H23NO5/c1-14-11-18(25)17(13-24-9-3-4-10-24)22-20(14)21(26)19(29-22)12-15-5-7-16(8-6-15)23(27)28-2/h5-8,11-12,25H,3-4,9-10,13H2,1-2H3/b19-12-. The maximum Gasteiger partial charge on any atom is 0.337 e. The van der Waals surface area contributed by atoms with Gasteiger partial charge in [-0.2, -0.15) is 0 Å². The quantitative estimate of drug-likeness (QED) is 0.631. The third-order valence-corrected chi connectivity index (χ3v) is 5.57. The molecule has 0 spiro atoms. The number of methoxy groups -OCH3 is 1. The number of carbonyl (C=O) groups excluding carboxylic acids is 2. The highest BCUT2D eigenvalue weighted by atomic mass is 16.5. The highest BCUT2D eigenvalue weighted by molar-refractivity contribution is 6.15. The molecule has 150 valence electrons. The number of fused-ring (bicyclic) bond motifs is 1. The summed E-state index contributed by atoms with van der Waals surface area (Å²) in [4.78, 5) is 25.9. The molecule has 0 saturated carbocycles. The van der Waals surface area contributed by atoms with E-state index >= 15 is 0 Å². The summed E-state index contributed by atoms with van der Waals surface area (Å²) in [6.45, 7) is 4.41. The van der Waals surface area contributed by atoms with Crippen molar-refractivity contribution in [1.29, 1.82) is 0 Å². The second kappa shape index (κ2) is 7.72. The largest absolute Gasteiger partial charge is 0.872 e. The van der Waals surface area contributed by atoms with Crippen LogP contribution in [-0.2, 0) is 11.3 Å². The van der Waals surface area contributed by atoms with Crippen molar-refractivity contribution in [2.75, 3.05) is 20.2 Å². The van der Waals surface area contributed by atoms with Gasteiger partial charge >= 0.3 is 5.97 Å². The van der Waals surface area contributed by atoms with Crippen molar-refractivity contribution < 1.29 is 29.1 Å². The lowest BCUT2D eigenvalue weighted by Crippen LogP contribution is -3.08. The number of esters is 1. The zero-order valence-corrected chi connectivity index (χ0v) is 16.5. The van der Waals surface area contributed by atoms with Crippen molar-refractivity contribution >= 4 is 17.8 Å². The van der Waals surface area contributed by atoms with Gasteiger partial charge in [-0.25, -0.2) is 4.79 Å². The van der Waals surface area contributed by atoms with E-state index in [2.05, 4.69) is 0 Å². The second-order valence-corrected chi connectivity index (χ2v) is 7.56. The maximum absolute atomic E-state index is 13.0. The van der Waals surface area contributed by atoms with E-state index in [0.717, 1.165) is 31.5 Å². The Balaban J connectivity index is 1.66. The highest BCUT2D eigenvalue weighted by Gasteiger charge is 2.33. The third kappa shape index (κ3) is 3.63. The fraction of sp³-hybridized carbons (Fsp3) is 0.304. The average molecular weight is 393 g/mol. The van der Waals surface area contributed by atoms with Crippen molar-refractivity contribution in [3.05, 3.63) is 63.9 Å². The lowest BCUT2D eigenvalue weighted by Gasteiger charge is -2.20. The molecule has 2 heterocycles. The SMILES string of the molecule is COC(=O)c1ccc(/C=C2\Oc3c(C[NH+]4CCCC4)c([O-])cc(C)c3C2=O)cc1. The van der Waals surface area contributed by atoms with Crippen molar-refractivity contribution in [3.8, 4) is 11.5 Å². The number of allylic oxidation sites excluding steroid dienone is 1. The van der Waals surface area contributed by atoms with Gasteiger partial charge < -0.3 is 19.5 Å². The number of carbonyl (C=O) groups is 2. The number of quaternary nitrogens is 1. The Bertz CT molecular complexity index is 1000. The Hall–Kier alpha value is -3.12. The minimum Gasteiger partial charge on any atom is -0.872 e. The van der Waals surface area contributed by atoms with Gasteiger partial charge in [-0.3, -0.25) is 4.79 Å².